The lowest BCUT2D eigenvalue weighted by Gasteiger charge is -2.09. The van der Waals surface area contributed by atoms with Crippen molar-refractivity contribution < 1.29 is 4.74 Å². The summed E-state index contributed by atoms with van der Waals surface area (Å²) in [5, 5.41) is 3.33. The summed E-state index contributed by atoms with van der Waals surface area (Å²) in [4.78, 5) is 0. The molecule has 0 heterocycles. The van der Waals surface area contributed by atoms with Crippen LogP contribution < -0.4 is 15.8 Å². The third-order valence-electron chi connectivity index (χ3n) is 2.82. The molecule has 3 nitrogen and oxygen atoms in total. The molecule has 0 unspecified atom stereocenters. The third-order valence-corrected chi connectivity index (χ3v) is 2.82. The molecule has 0 aliphatic rings. The van der Waals surface area contributed by atoms with Crippen LogP contribution in [0.15, 0.2) is 48.5 Å². The summed E-state index contributed by atoms with van der Waals surface area (Å²) in [6, 6.07) is 15.9. The molecule has 0 amide bonds. The molecule has 0 bridgehead atoms. The molecule has 0 aliphatic heterocycles. The first-order chi connectivity index (χ1) is 8.79. The van der Waals surface area contributed by atoms with Gasteiger partial charge in [-0.15, -0.1) is 0 Å². The Morgan fingerprint density at radius 1 is 1.11 bits per heavy atom. The van der Waals surface area contributed by atoms with Crippen LogP contribution in [0.4, 0.5) is 11.4 Å². The van der Waals surface area contributed by atoms with Gasteiger partial charge in [0, 0.05) is 6.54 Å². The number of hydrogen-bond donors (Lipinski definition) is 2. The van der Waals surface area contributed by atoms with Gasteiger partial charge in [-0.1, -0.05) is 24.3 Å². The lowest BCUT2D eigenvalue weighted by molar-refractivity contribution is 0.414. The maximum Gasteiger partial charge on any atom is 0.119 e. The van der Waals surface area contributed by atoms with Gasteiger partial charge in [0.05, 0.1) is 18.5 Å². The standard InChI is InChI=1S/C15H18N2O/c1-18-13-6-4-5-12(11-13)9-10-17-15-8-3-2-7-14(15)16/h2-8,11,17H,9-10,16H2,1H3. The summed E-state index contributed by atoms with van der Waals surface area (Å²) in [5.41, 5.74) is 8.88. The Morgan fingerprint density at radius 3 is 2.72 bits per heavy atom. The van der Waals surface area contributed by atoms with E-state index in [1.807, 2.05) is 36.4 Å². The van der Waals surface area contributed by atoms with Crippen LogP contribution in [0.2, 0.25) is 0 Å². The van der Waals surface area contributed by atoms with Crippen molar-refractivity contribution >= 4 is 11.4 Å². The zero-order chi connectivity index (χ0) is 12.8. The van der Waals surface area contributed by atoms with E-state index in [4.69, 9.17) is 10.5 Å². The molecule has 2 aromatic rings. The molecule has 2 rings (SSSR count). The van der Waals surface area contributed by atoms with E-state index in [1.54, 1.807) is 7.11 Å². The Labute approximate surface area is 108 Å². The second kappa shape index (κ2) is 5.96. The molecule has 0 aliphatic carbocycles. The zero-order valence-corrected chi connectivity index (χ0v) is 10.5. The Balaban J connectivity index is 1.90. The van der Waals surface area contributed by atoms with Crippen molar-refractivity contribution in [1.29, 1.82) is 0 Å². The second-order valence-corrected chi connectivity index (χ2v) is 4.12. The Hall–Kier alpha value is -2.16. The molecule has 18 heavy (non-hydrogen) atoms. The first-order valence-corrected chi connectivity index (χ1v) is 6.01. The largest absolute Gasteiger partial charge is 0.497 e. The normalized spacial score (nSPS) is 10.1. The van der Waals surface area contributed by atoms with Crippen LogP contribution in [0.3, 0.4) is 0 Å². The quantitative estimate of drug-likeness (QED) is 0.792. The van der Waals surface area contributed by atoms with Gasteiger partial charge < -0.3 is 15.8 Å². The smallest absolute Gasteiger partial charge is 0.119 e. The van der Waals surface area contributed by atoms with Crippen LogP contribution in [-0.4, -0.2) is 13.7 Å². The number of para-hydroxylation sites is 2. The average molecular weight is 242 g/mol. The average Bonchev–Trinajstić information content (AvgIpc) is 2.41. The van der Waals surface area contributed by atoms with Crippen LogP contribution in [0.1, 0.15) is 5.56 Å². The van der Waals surface area contributed by atoms with Gasteiger partial charge in [-0.25, -0.2) is 0 Å². The van der Waals surface area contributed by atoms with Gasteiger partial charge in [0.2, 0.25) is 0 Å². The number of ether oxygens (including phenoxy) is 1. The fourth-order valence-corrected chi connectivity index (χ4v) is 1.83. The Morgan fingerprint density at radius 2 is 1.94 bits per heavy atom. The number of nitrogens with one attached hydrogen (secondary N) is 1. The molecular weight excluding hydrogens is 224 g/mol. The van der Waals surface area contributed by atoms with Gasteiger partial charge in [0.1, 0.15) is 5.75 Å². The zero-order valence-electron chi connectivity index (χ0n) is 10.5. The molecule has 0 atom stereocenters. The van der Waals surface area contributed by atoms with E-state index in [-0.39, 0.29) is 0 Å². The van der Waals surface area contributed by atoms with E-state index in [0.717, 1.165) is 30.1 Å². The van der Waals surface area contributed by atoms with Crippen molar-refractivity contribution in [2.45, 2.75) is 6.42 Å². The monoisotopic (exact) mass is 242 g/mol. The number of benzene rings is 2. The fourth-order valence-electron chi connectivity index (χ4n) is 1.83. The Bertz CT molecular complexity index is 511. The topological polar surface area (TPSA) is 47.3 Å². The van der Waals surface area contributed by atoms with Crippen molar-refractivity contribution in [1.82, 2.24) is 0 Å². The van der Waals surface area contributed by atoms with Gasteiger partial charge in [0.25, 0.3) is 0 Å². The molecular formula is C15H18N2O. The van der Waals surface area contributed by atoms with Crippen molar-refractivity contribution in [3.8, 4) is 5.75 Å². The van der Waals surface area contributed by atoms with Gasteiger partial charge in [-0.3, -0.25) is 0 Å². The molecule has 0 saturated carbocycles. The number of rotatable bonds is 5. The molecule has 2 aromatic carbocycles. The first-order valence-electron chi connectivity index (χ1n) is 6.01. The maximum absolute atomic E-state index is 5.86. The number of methoxy groups -OCH3 is 1. The summed E-state index contributed by atoms with van der Waals surface area (Å²) >= 11 is 0. The summed E-state index contributed by atoms with van der Waals surface area (Å²) < 4.78 is 5.20. The maximum atomic E-state index is 5.86. The highest BCUT2D eigenvalue weighted by atomic mass is 16.5. The van der Waals surface area contributed by atoms with Crippen molar-refractivity contribution in [3.05, 3.63) is 54.1 Å². The highest BCUT2D eigenvalue weighted by molar-refractivity contribution is 5.65. The molecule has 0 fully saturated rings. The van der Waals surface area contributed by atoms with E-state index in [1.165, 1.54) is 5.56 Å². The predicted molar refractivity (Wildman–Crippen MR) is 76.0 cm³/mol. The van der Waals surface area contributed by atoms with E-state index in [2.05, 4.69) is 17.4 Å². The summed E-state index contributed by atoms with van der Waals surface area (Å²) in [6.07, 6.45) is 0.936. The van der Waals surface area contributed by atoms with Gasteiger partial charge in [-0.2, -0.15) is 0 Å². The minimum Gasteiger partial charge on any atom is -0.497 e. The number of nitrogen functional groups attached to an aromatic ring is 1. The SMILES string of the molecule is COc1cccc(CCNc2ccccc2N)c1. The molecule has 3 heteroatoms. The molecule has 0 spiro atoms. The van der Waals surface area contributed by atoms with E-state index in [9.17, 15) is 0 Å². The molecule has 94 valence electrons. The van der Waals surface area contributed by atoms with Crippen LogP contribution in [0.5, 0.6) is 5.75 Å². The van der Waals surface area contributed by atoms with Gasteiger partial charge in [-0.05, 0) is 36.2 Å². The third kappa shape index (κ3) is 3.17. The van der Waals surface area contributed by atoms with Crippen LogP contribution in [0.25, 0.3) is 0 Å². The lowest BCUT2D eigenvalue weighted by atomic mass is 10.1. The molecule has 3 N–H and O–H groups in total. The van der Waals surface area contributed by atoms with Crippen molar-refractivity contribution in [3.63, 3.8) is 0 Å². The van der Waals surface area contributed by atoms with Crippen LogP contribution in [0, 0.1) is 0 Å². The molecule has 0 saturated heterocycles. The summed E-state index contributed by atoms with van der Waals surface area (Å²) in [6.45, 7) is 0.849. The van der Waals surface area contributed by atoms with E-state index < -0.39 is 0 Å². The predicted octanol–water partition coefficient (Wildman–Crippen LogP) is 2.93. The van der Waals surface area contributed by atoms with E-state index in [0.29, 0.717) is 0 Å². The molecule has 0 radical (unpaired) electrons. The summed E-state index contributed by atoms with van der Waals surface area (Å²) in [7, 11) is 1.68. The fraction of sp³-hybridized carbons (Fsp3) is 0.200. The van der Waals surface area contributed by atoms with E-state index >= 15 is 0 Å². The Kier molecular flexibility index (Phi) is 4.07. The number of anilines is 2. The highest BCUT2D eigenvalue weighted by Gasteiger charge is 1.98. The second-order valence-electron chi connectivity index (χ2n) is 4.12. The summed E-state index contributed by atoms with van der Waals surface area (Å²) in [5.74, 6) is 0.895. The van der Waals surface area contributed by atoms with Gasteiger partial charge in [0.15, 0.2) is 0 Å². The van der Waals surface area contributed by atoms with Gasteiger partial charge >= 0.3 is 0 Å². The number of nitrogens with two attached hydrogens (primary N) is 1. The highest BCUT2D eigenvalue weighted by Crippen LogP contribution is 2.17. The first kappa shape index (κ1) is 12.3. The van der Waals surface area contributed by atoms with Crippen LogP contribution >= 0.6 is 0 Å². The van der Waals surface area contributed by atoms with Crippen LogP contribution in [-0.2, 0) is 6.42 Å². The van der Waals surface area contributed by atoms with Crippen molar-refractivity contribution in [2.75, 3.05) is 24.7 Å². The molecule has 0 aromatic heterocycles. The lowest BCUT2D eigenvalue weighted by Crippen LogP contribution is -2.06. The number of hydrogen-bond acceptors (Lipinski definition) is 3. The minimum absolute atomic E-state index is 0.781. The minimum atomic E-state index is 0.781. The van der Waals surface area contributed by atoms with Crippen molar-refractivity contribution in [2.24, 2.45) is 0 Å².